The summed E-state index contributed by atoms with van der Waals surface area (Å²) >= 11 is 32.7. The molecule has 0 unspecified atom stereocenters. The minimum Gasteiger partial charge on any atom is -0.453 e. The van der Waals surface area contributed by atoms with Crippen molar-refractivity contribution in [2.24, 2.45) is 0 Å². The van der Waals surface area contributed by atoms with Crippen molar-refractivity contribution in [3.05, 3.63) is 55.5 Å². The van der Waals surface area contributed by atoms with E-state index in [9.17, 15) is 9.59 Å². The lowest BCUT2D eigenvalue weighted by Gasteiger charge is -2.15. The monoisotopic (exact) mass is 606 g/mol. The quantitative estimate of drug-likeness (QED) is 0.186. The van der Waals surface area contributed by atoms with E-state index in [0.29, 0.717) is 11.4 Å². The fourth-order valence-corrected chi connectivity index (χ4v) is 3.58. The molecule has 36 heavy (non-hydrogen) atoms. The van der Waals surface area contributed by atoms with Crippen LogP contribution in [0.15, 0.2) is 24.3 Å². The predicted octanol–water partition coefficient (Wildman–Crippen LogP) is 5.84. The third kappa shape index (κ3) is 8.84. The highest BCUT2D eigenvalue weighted by atomic mass is 35.5. The van der Waals surface area contributed by atoms with Gasteiger partial charge in [0, 0.05) is 0 Å². The van der Waals surface area contributed by atoms with E-state index in [-0.39, 0.29) is 41.4 Å². The molecule has 0 aliphatic carbocycles. The number of methoxy groups -OCH3 is 2. The second-order valence-electron chi connectivity index (χ2n) is 5.92. The number of alkyl carbamates (subject to hydrolysis) is 2. The summed E-state index contributed by atoms with van der Waals surface area (Å²) in [4.78, 5) is 22.1. The van der Waals surface area contributed by atoms with E-state index in [1.54, 1.807) is 36.4 Å². The average molecular weight is 608 g/mol. The number of anilines is 2. The second-order valence-corrected chi connectivity index (χ2v) is 8.24. The minimum atomic E-state index is -0.689. The van der Waals surface area contributed by atoms with E-state index < -0.39 is 12.2 Å². The van der Waals surface area contributed by atoms with E-state index >= 15 is 0 Å². The first-order chi connectivity index (χ1) is 17.0. The SMILES string of the molecule is COC(=O)NC(=S)Nc1ccccc1NC(=S)NC(=O)OC.N#Cc1c(Cl)c(Cl)c(Cl)c(C#N)c1Cl. The Morgan fingerprint density at radius 1 is 0.750 bits per heavy atom. The molecular formula is C20H14Cl4N6O4S2. The van der Waals surface area contributed by atoms with Crippen LogP contribution >= 0.6 is 70.8 Å². The summed E-state index contributed by atoms with van der Waals surface area (Å²) in [5.74, 6) is 0. The van der Waals surface area contributed by atoms with Crippen molar-refractivity contribution >= 4 is 105 Å². The van der Waals surface area contributed by atoms with Crippen LogP contribution in [-0.4, -0.2) is 36.6 Å². The molecule has 0 heterocycles. The number of nitrogens with zero attached hydrogens (tertiary/aromatic N) is 2. The lowest BCUT2D eigenvalue weighted by molar-refractivity contribution is 0.176. The Morgan fingerprint density at radius 2 is 1.11 bits per heavy atom. The molecule has 2 amide bonds. The highest BCUT2D eigenvalue weighted by Gasteiger charge is 2.19. The topological polar surface area (TPSA) is 148 Å². The Morgan fingerprint density at radius 3 is 1.42 bits per heavy atom. The van der Waals surface area contributed by atoms with Crippen molar-refractivity contribution in [2.45, 2.75) is 0 Å². The molecular weight excluding hydrogens is 594 g/mol. The summed E-state index contributed by atoms with van der Waals surface area (Å²) < 4.78 is 8.87. The number of nitrogens with one attached hydrogen (secondary N) is 4. The lowest BCUT2D eigenvalue weighted by atomic mass is 10.1. The van der Waals surface area contributed by atoms with Crippen molar-refractivity contribution in [3.8, 4) is 12.1 Å². The molecule has 0 radical (unpaired) electrons. The lowest BCUT2D eigenvalue weighted by Crippen LogP contribution is -2.35. The Balaban J connectivity index is 0.000000397. The van der Waals surface area contributed by atoms with Crippen LogP contribution in [0.2, 0.25) is 20.1 Å². The Hall–Kier alpha value is -3.10. The number of rotatable bonds is 2. The van der Waals surface area contributed by atoms with Gasteiger partial charge in [-0.2, -0.15) is 10.5 Å². The summed E-state index contributed by atoms with van der Waals surface area (Å²) in [5.41, 5.74) is 0.995. The first-order valence-electron chi connectivity index (χ1n) is 9.07. The summed E-state index contributed by atoms with van der Waals surface area (Å²) in [6.45, 7) is 0. The van der Waals surface area contributed by atoms with E-state index in [2.05, 4.69) is 30.7 Å². The van der Waals surface area contributed by atoms with Gasteiger partial charge < -0.3 is 20.1 Å². The van der Waals surface area contributed by atoms with Gasteiger partial charge in [-0.1, -0.05) is 58.5 Å². The number of hydrogen-bond donors (Lipinski definition) is 4. The van der Waals surface area contributed by atoms with Crippen LogP contribution in [0.5, 0.6) is 0 Å². The van der Waals surface area contributed by atoms with Gasteiger partial charge in [-0.05, 0) is 36.6 Å². The Bertz CT molecular complexity index is 1190. The number of carbonyl (C=O) groups excluding carboxylic acids is 2. The van der Waals surface area contributed by atoms with Gasteiger partial charge in [0.05, 0.1) is 56.8 Å². The van der Waals surface area contributed by atoms with Crippen LogP contribution in [0.1, 0.15) is 11.1 Å². The molecule has 0 aromatic heterocycles. The molecule has 0 bridgehead atoms. The number of nitriles is 2. The second kappa shape index (κ2) is 15.1. The molecule has 0 aliphatic heterocycles. The van der Waals surface area contributed by atoms with Gasteiger partial charge in [0.2, 0.25) is 0 Å². The Labute approximate surface area is 236 Å². The zero-order valence-electron chi connectivity index (χ0n) is 18.2. The highest BCUT2D eigenvalue weighted by molar-refractivity contribution is 7.80. The van der Waals surface area contributed by atoms with Crippen molar-refractivity contribution in [1.82, 2.24) is 10.6 Å². The van der Waals surface area contributed by atoms with Crippen LogP contribution in [0.25, 0.3) is 0 Å². The molecule has 2 aromatic carbocycles. The van der Waals surface area contributed by atoms with E-state index in [1.165, 1.54) is 14.2 Å². The molecule has 0 spiro atoms. The third-order valence-corrected chi connectivity index (χ3v) is 5.83. The van der Waals surface area contributed by atoms with Crippen LogP contribution in [-0.2, 0) is 9.47 Å². The number of carbonyl (C=O) groups is 2. The summed E-state index contributed by atoms with van der Waals surface area (Å²) in [5, 5.41) is 27.5. The first kappa shape index (κ1) is 30.9. The first-order valence-corrected chi connectivity index (χ1v) is 11.4. The van der Waals surface area contributed by atoms with Crippen molar-refractivity contribution in [1.29, 1.82) is 10.5 Å². The van der Waals surface area contributed by atoms with E-state index in [4.69, 9.17) is 81.4 Å². The maximum absolute atomic E-state index is 11.1. The number of amides is 2. The zero-order valence-corrected chi connectivity index (χ0v) is 22.8. The number of benzene rings is 2. The molecule has 188 valence electrons. The van der Waals surface area contributed by atoms with Gasteiger partial charge in [0.15, 0.2) is 10.2 Å². The summed E-state index contributed by atoms with van der Waals surface area (Å²) in [7, 11) is 2.45. The van der Waals surface area contributed by atoms with Crippen LogP contribution < -0.4 is 21.3 Å². The maximum atomic E-state index is 11.1. The van der Waals surface area contributed by atoms with Gasteiger partial charge in [0.1, 0.15) is 12.1 Å². The molecule has 4 N–H and O–H groups in total. The minimum absolute atomic E-state index is 0.0363. The smallest absolute Gasteiger partial charge is 0.413 e. The molecule has 2 rings (SSSR count). The van der Waals surface area contributed by atoms with Crippen LogP contribution in [0.3, 0.4) is 0 Å². The van der Waals surface area contributed by atoms with E-state index in [0.717, 1.165) is 0 Å². The third-order valence-electron chi connectivity index (χ3n) is 3.71. The van der Waals surface area contributed by atoms with E-state index in [1.807, 2.05) is 0 Å². The average Bonchev–Trinajstić information content (AvgIpc) is 2.84. The fourth-order valence-electron chi connectivity index (χ4n) is 2.13. The molecule has 0 saturated heterocycles. The largest absolute Gasteiger partial charge is 0.453 e. The van der Waals surface area contributed by atoms with Crippen molar-refractivity contribution in [2.75, 3.05) is 24.9 Å². The van der Waals surface area contributed by atoms with Gasteiger partial charge in [0.25, 0.3) is 0 Å². The molecule has 2 aromatic rings. The normalized spacial score (nSPS) is 9.22. The number of halogens is 4. The molecule has 0 saturated carbocycles. The molecule has 0 fully saturated rings. The highest BCUT2D eigenvalue weighted by Crippen LogP contribution is 2.40. The predicted molar refractivity (Wildman–Crippen MR) is 146 cm³/mol. The summed E-state index contributed by atoms with van der Waals surface area (Å²) in [6.07, 6.45) is -1.38. The van der Waals surface area contributed by atoms with Crippen molar-refractivity contribution < 1.29 is 19.1 Å². The van der Waals surface area contributed by atoms with Gasteiger partial charge in [-0.15, -0.1) is 0 Å². The number of thiocarbonyl (C=S) groups is 2. The van der Waals surface area contributed by atoms with Crippen LogP contribution in [0.4, 0.5) is 21.0 Å². The van der Waals surface area contributed by atoms with Crippen molar-refractivity contribution in [3.63, 3.8) is 0 Å². The molecule has 16 heteroatoms. The fraction of sp³-hybridized carbons (Fsp3) is 0.100. The molecule has 10 nitrogen and oxygen atoms in total. The standard InChI is InChI=1S/C12H14N4O4S2.C8Cl4N2/c1-19-11(17)15-9(21)13-7-5-3-4-6-8(7)14-10(22)16-12(18)20-2;9-5-3(1-13)6(10)8(12)7(11)4(5)2-14/h3-6H,1-2H3,(H2,13,15,17,21)(H2,14,16,18,22);. The number of hydrogen-bond acceptors (Lipinski definition) is 8. The van der Waals surface area contributed by atoms with Crippen LogP contribution in [0, 0.1) is 22.7 Å². The number of para-hydroxylation sites is 2. The Kier molecular flexibility index (Phi) is 13.0. The van der Waals surface area contributed by atoms with Gasteiger partial charge >= 0.3 is 12.2 Å². The summed E-state index contributed by atoms with van der Waals surface area (Å²) in [6, 6.07) is 10.4. The van der Waals surface area contributed by atoms with Gasteiger partial charge in [-0.25, -0.2) is 9.59 Å². The van der Waals surface area contributed by atoms with Gasteiger partial charge in [-0.3, -0.25) is 10.6 Å². The molecule has 0 aliphatic rings. The zero-order chi connectivity index (χ0) is 27.4. The molecule has 0 atom stereocenters. The number of ether oxygens (including phenoxy) is 2. The maximum Gasteiger partial charge on any atom is 0.413 e.